The second-order valence-corrected chi connectivity index (χ2v) is 4.37. The minimum atomic E-state index is -4.24. The Kier molecular flexibility index (Phi) is 3.86. The third-order valence-electron chi connectivity index (χ3n) is 1.26. The van der Waals surface area contributed by atoms with Gasteiger partial charge in [-0.2, -0.15) is 12.8 Å². The zero-order valence-electron chi connectivity index (χ0n) is 6.61. The summed E-state index contributed by atoms with van der Waals surface area (Å²) >= 11 is 0.540. The van der Waals surface area contributed by atoms with Crippen LogP contribution >= 0.6 is 12.0 Å². The topological polar surface area (TPSA) is 95.9 Å². The van der Waals surface area contributed by atoms with Gasteiger partial charge in [-0.3, -0.25) is 9.59 Å². The van der Waals surface area contributed by atoms with Crippen molar-refractivity contribution in [3.05, 3.63) is 24.3 Å². The maximum absolute atomic E-state index is 10.7. The van der Waals surface area contributed by atoms with Gasteiger partial charge in [0.05, 0.1) is 16.9 Å². The molecule has 0 saturated heterocycles. The highest BCUT2D eigenvalue weighted by Crippen LogP contribution is 2.21. The summed E-state index contributed by atoms with van der Waals surface area (Å²) in [5, 5.41) is 12.5. The van der Waals surface area contributed by atoms with Gasteiger partial charge in [-0.25, -0.2) is 0 Å². The van der Waals surface area contributed by atoms with Crippen molar-refractivity contribution in [2.75, 3.05) is 0 Å². The van der Waals surface area contributed by atoms with Crippen molar-refractivity contribution in [2.24, 2.45) is 0 Å². The average molecular weight is 237 g/mol. The highest BCUT2D eigenvalue weighted by Gasteiger charge is 2.09. The van der Waals surface area contributed by atoms with Crippen molar-refractivity contribution in [1.82, 2.24) is 0 Å². The van der Waals surface area contributed by atoms with Gasteiger partial charge in [-0.05, 0) is 18.2 Å². The molecule has 0 fully saturated rings. The second kappa shape index (κ2) is 4.73. The van der Waals surface area contributed by atoms with E-state index < -0.39 is 10.1 Å². The Morgan fingerprint density at radius 2 is 2.14 bits per heavy atom. The van der Waals surface area contributed by atoms with Crippen LogP contribution < -0.4 is 5.26 Å². The van der Waals surface area contributed by atoms with Crippen molar-refractivity contribution >= 4 is 22.2 Å². The molecular formula is C6H5O6S2-. The SMILES string of the molecule is O=S(=O)(O)c1cccc(SOO[O-])c1. The zero-order chi connectivity index (χ0) is 10.6. The van der Waals surface area contributed by atoms with Gasteiger partial charge in [-0.15, -0.1) is 0 Å². The van der Waals surface area contributed by atoms with E-state index >= 15 is 0 Å². The van der Waals surface area contributed by atoms with Gasteiger partial charge in [0.1, 0.15) is 0 Å². The van der Waals surface area contributed by atoms with E-state index in [-0.39, 0.29) is 4.90 Å². The summed E-state index contributed by atoms with van der Waals surface area (Å²) in [6, 6.07) is 5.22. The molecule has 0 aliphatic carbocycles. The molecule has 0 bridgehead atoms. The largest absolute Gasteiger partial charge is 0.691 e. The first kappa shape index (κ1) is 11.4. The minimum absolute atomic E-state index is 0.281. The molecule has 0 heterocycles. The summed E-state index contributed by atoms with van der Waals surface area (Å²) in [7, 11) is -4.24. The summed E-state index contributed by atoms with van der Waals surface area (Å²) in [5.41, 5.74) is 0. The number of hydrogen-bond donors (Lipinski definition) is 1. The lowest BCUT2D eigenvalue weighted by Gasteiger charge is -2.04. The van der Waals surface area contributed by atoms with Crippen molar-refractivity contribution < 1.29 is 27.6 Å². The van der Waals surface area contributed by atoms with E-state index in [0.29, 0.717) is 16.9 Å². The summed E-state index contributed by atoms with van der Waals surface area (Å²) < 4.78 is 34.0. The van der Waals surface area contributed by atoms with E-state index in [4.69, 9.17) is 4.55 Å². The van der Waals surface area contributed by atoms with Gasteiger partial charge in [0.25, 0.3) is 10.1 Å². The Bertz CT molecular complexity index is 401. The fraction of sp³-hybridized carbons (Fsp3) is 0. The quantitative estimate of drug-likeness (QED) is 0.345. The fourth-order valence-corrected chi connectivity index (χ4v) is 1.76. The molecule has 0 amide bonds. The van der Waals surface area contributed by atoms with Crippen LogP contribution in [0.15, 0.2) is 34.1 Å². The molecule has 1 aromatic carbocycles. The summed E-state index contributed by atoms with van der Waals surface area (Å²) in [6.07, 6.45) is 0. The van der Waals surface area contributed by atoms with Gasteiger partial charge in [0, 0.05) is 4.90 Å². The lowest BCUT2D eigenvalue weighted by molar-refractivity contribution is -0.777. The third-order valence-corrected chi connectivity index (χ3v) is 2.68. The van der Waals surface area contributed by atoms with Crippen molar-refractivity contribution in [1.29, 1.82) is 0 Å². The Morgan fingerprint density at radius 1 is 1.43 bits per heavy atom. The Morgan fingerprint density at radius 3 is 2.71 bits per heavy atom. The second-order valence-electron chi connectivity index (χ2n) is 2.17. The Hall–Kier alpha value is -0.640. The molecule has 14 heavy (non-hydrogen) atoms. The summed E-state index contributed by atoms with van der Waals surface area (Å²) in [4.78, 5) is 0.0352. The van der Waals surface area contributed by atoms with Crippen molar-refractivity contribution in [3.63, 3.8) is 0 Å². The lowest BCUT2D eigenvalue weighted by Crippen LogP contribution is -2.01. The molecule has 1 N–H and O–H groups in total. The fourth-order valence-electron chi connectivity index (χ4n) is 0.740. The van der Waals surface area contributed by atoms with E-state index in [0.717, 1.165) is 6.07 Å². The van der Waals surface area contributed by atoms with Crippen LogP contribution in [-0.2, 0) is 19.5 Å². The van der Waals surface area contributed by atoms with E-state index in [9.17, 15) is 13.7 Å². The van der Waals surface area contributed by atoms with Gasteiger partial charge >= 0.3 is 0 Å². The molecule has 1 rings (SSSR count). The first-order valence-electron chi connectivity index (χ1n) is 3.25. The maximum atomic E-state index is 10.7. The van der Waals surface area contributed by atoms with E-state index in [1.807, 2.05) is 0 Å². The Labute approximate surface area is 84.3 Å². The van der Waals surface area contributed by atoms with Gasteiger partial charge in [-0.1, -0.05) is 6.07 Å². The molecule has 1 aromatic rings. The molecule has 8 heteroatoms. The highest BCUT2D eigenvalue weighted by atomic mass is 32.2. The molecule has 0 aromatic heterocycles. The normalized spacial score (nSPS) is 11.6. The average Bonchev–Trinajstić information content (AvgIpc) is 2.14. The smallest absolute Gasteiger partial charge is 0.294 e. The van der Waals surface area contributed by atoms with Gasteiger partial charge in [0.15, 0.2) is 0 Å². The number of benzene rings is 1. The predicted octanol–water partition coefficient (Wildman–Crippen LogP) is 0.164. The minimum Gasteiger partial charge on any atom is -0.691 e. The summed E-state index contributed by atoms with van der Waals surface area (Å²) in [6.45, 7) is 0. The molecule has 0 saturated carbocycles. The standard InChI is InChI=1S/C6H6O6S2/c7-11-12-13-5-2-1-3-6(4-5)14(8,9)10/h1-4,7H,(H,8,9,10)/p-1. The van der Waals surface area contributed by atoms with Crippen LogP contribution in [0.1, 0.15) is 0 Å². The first-order valence-corrected chi connectivity index (χ1v) is 5.43. The zero-order valence-corrected chi connectivity index (χ0v) is 8.25. The van der Waals surface area contributed by atoms with Crippen LogP contribution in [0, 0.1) is 0 Å². The predicted molar refractivity (Wildman–Crippen MR) is 44.3 cm³/mol. The molecule has 78 valence electrons. The van der Waals surface area contributed by atoms with E-state index in [2.05, 4.69) is 9.37 Å². The molecule has 0 aliphatic heterocycles. The molecule has 6 nitrogen and oxygen atoms in total. The van der Waals surface area contributed by atoms with E-state index in [1.54, 1.807) is 0 Å². The number of rotatable bonds is 4. The highest BCUT2D eigenvalue weighted by molar-refractivity contribution is 7.94. The lowest BCUT2D eigenvalue weighted by atomic mass is 10.4. The maximum Gasteiger partial charge on any atom is 0.294 e. The molecule has 0 atom stereocenters. The molecule has 0 spiro atoms. The van der Waals surface area contributed by atoms with Gasteiger partial charge < -0.3 is 5.26 Å². The van der Waals surface area contributed by atoms with Crippen LogP contribution in [0.25, 0.3) is 0 Å². The van der Waals surface area contributed by atoms with E-state index in [1.165, 1.54) is 18.2 Å². The van der Waals surface area contributed by atoms with Crippen LogP contribution in [0.5, 0.6) is 0 Å². The summed E-state index contributed by atoms with van der Waals surface area (Å²) in [5.74, 6) is 0. The van der Waals surface area contributed by atoms with Crippen molar-refractivity contribution in [3.8, 4) is 0 Å². The molecular weight excluding hydrogens is 232 g/mol. The van der Waals surface area contributed by atoms with Crippen LogP contribution in [-0.4, -0.2) is 13.0 Å². The van der Waals surface area contributed by atoms with Gasteiger partial charge in [0.2, 0.25) is 0 Å². The molecule has 0 unspecified atom stereocenters. The molecule has 0 radical (unpaired) electrons. The van der Waals surface area contributed by atoms with Crippen molar-refractivity contribution in [2.45, 2.75) is 9.79 Å². The van der Waals surface area contributed by atoms with Crippen LogP contribution in [0.2, 0.25) is 0 Å². The molecule has 0 aliphatic rings. The number of hydrogen-bond acceptors (Lipinski definition) is 6. The van der Waals surface area contributed by atoms with Crippen LogP contribution in [0.3, 0.4) is 0 Å². The van der Waals surface area contributed by atoms with Crippen LogP contribution in [0.4, 0.5) is 0 Å². The monoisotopic (exact) mass is 237 g/mol. The third kappa shape index (κ3) is 3.25. The Balaban J connectivity index is 2.90. The first-order chi connectivity index (χ1) is 6.54.